The normalized spacial score (nSPS) is 12.8. The molecular formula is C16H22Cl2N4O3. The topological polar surface area (TPSA) is 113 Å². The zero-order valence-electron chi connectivity index (χ0n) is 14.1. The lowest BCUT2D eigenvalue weighted by Crippen LogP contribution is -2.52. The van der Waals surface area contributed by atoms with Gasteiger partial charge in [0.15, 0.2) is 0 Å². The third kappa shape index (κ3) is 6.80. The number of hydrogen-bond acceptors (Lipinski definition) is 3. The van der Waals surface area contributed by atoms with Crippen LogP contribution in [0.15, 0.2) is 18.2 Å². The molecule has 1 rings (SSSR count). The van der Waals surface area contributed by atoms with E-state index in [-0.39, 0.29) is 35.8 Å². The fourth-order valence-electron chi connectivity index (χ4n) is 2.07. The highest BCUT2D eigenvalue weighted by molar-refractivity contribution is 6.42. The number of nitrogens with one attached hydrogen (secondary N) is 3. The highest BCUT2D eigenvalue weighted by Gasteiger charge is 2.24. The fourth-order valence-corrected chi connectivity index (χ4v) is 2.36. The first-order chi connectivity index (χ1) is 11.8. The summed E-state index contributed by atoms with van der Waals surface area (Å²) < 4.78 is 0. The highest BCUT2D eigenvalue weighted by Crippen LogP contribution is 2.22. The third-order valence-electron chi connectivity index (χ3n) is 3.68. The highest BCUT2D eigenvalue weighted by atomic mass is 35.5. The van der Waals surface area contributed by atoms with Gasteiger partial charge in [0.05, 0.1) is 10.0 Å². The molecule has 0 fully saturated rings. The summed E-state index contributed by atoms with van der Waals surface area (Å²) in [6, 6.07) is 3.08. The lowest BCUT2D eigenvalue weighted by molar-refractivity contribution is -0.124. The number of rotatable bonds is 8. The molecule has 0 saturated carbocycles. The molecule has 0 radical (unpaired) electrons. The molecule has 2 unspecified atom stereocenters. The van der Waals surface area contributed by atoms with Crippen LogP contribution in [0.1, 0.15) is 30.6 Å². The van der Waals surface area contributed by atoms with Crippen molar-refractivity contribution in [2.45, 2.75) is 26.3 Å². The van der Waals surface area contributed by atoms with E-state index in [2.05, 4.69) is 16.0 Å². The standard InChI is InChI=1S/C16H22Cl2N4O3/c1-3-9(2)13(22-16(19)25)15(24)21-7-6-20-14(23)10-4-5-11(17)12(18)8-10/h4-5,8-9,13H,3,6-7H2,1-2H3,(H,20,23)(H,21,24)(H3,19,22,25). The SMILES string of the molecule is CCC(C)C(NC(N)=O)C(=O)NCCNC(=O)c1ccc(Cl)c(Cl)c1. The molecule has 1 aromatic carbocycles. The summed E-state index contributed by atoms with van der Waals surface area (Å²) in [7, 11) is 0. The largest absolute Gasteiger partial charge is 0.353 e. The first-order valence-electron chi connectivity index (χ1n) is 7.83. The van der Waals surface area contributed by atoms with Crippen molar-refractivity contribution in [1.29, 1.82) is 0 Å². The van der Waals surface area contributed by atoms with Crippen LogP contribution in [-0.2, 0) is 4.79 Å². The molecule has 0 aliphatic carbocycles. The van der Waals surface area contributed by atoms with Gasteiger partial charge in [-0.25, -0.2) is 4.79 Å². The molecule has 0 heterocycles. The number of amides is 4. The van der Waals surface area contributed by atoms with E-state index in [1.54, 1.807) is 6.07 Å². The van der Waals surface area contributed by atoms with Crippen LogP contribution in [0.2, 0.25) is 10.0 Å². The van der Waals surface area contributed by atoms with Crippen molar-refractivity contribution in [2.75, 3.05) is 13.1 Å². The molecule has 7 nitrogen and oxygen atoms in total. The number of primary amides is 1. The van der Waals surface area contributed by atoms with Gasteiger partial charge in [-0.2, -0.15) is 0 Å². The Morgan fingerprint density at radius 1 is 1.12 bits per heavy atom. The monoisotopic (exact) mass is 388 g/mol. The summed E-state index contributed by atoms with van der Waals surface area (Å²) in [4.78, 5) is 35.2. The van der Waals surface area contributed by atoms with Crippen molar-refractivity contribution < 1.29 is 14.4 Å². The first kappa shape index (κ1) is 21.1. The van der Waals surface area contributed by atoms with Gasteiger partial charge in [0.2, 0.25) is 5.91 Å². The third-order valence-corrected chi connectivity index (χ3v) is 4.42. The minimum atomic E-state index is -0.756. The Kier molecular flexibility index (Phi) is 8.51. The van der Waals surface area contributed by atoms with Crippen LogP contribution in [-0.4, -0.2) is 37.0 Å². The van der Waals surface area contributed by atoms with E-state index >= 15 is 0 Å². The summed E-state index contributed by atoms with van der Waals surface area (Å²) in [6.45, 7) is 4.17. The molecule has 0 spiro atoms. The van der Waals surface area contributed by atoms with Crippen molar-refractivity contribution in [2.24, 2.45) is 11.7 Å². The minimum Gasteiger partial charge on any atom is -0.353 e. The molecule has 0 aromatic heterocycles. The van der Waals surface area contributed by atoms with Crippen LogP contribution in [0.3, 0.4) is 0 Å². The van der Waals surface area contributed by atoms with Crippen molar-refractivity contribution in [3.63, 3.8) is 0 Å². The van der Waals surface area contributed by atoms with Crippen LogP contribution < -0.4 is 21.7 Å². The first-order valence-corrected chi connectivity index (χ1v) is 8.58. The van der Waals surface area contributed by atoms with E-state index in [1.807, 2.05) is 13.8 Å². The number of carbonyl (C=O) groups excluding carboxylic acids is 3. The van der Waals surface area contributed by atoms with E-state index in [0.717, 1.165) is 0 Å². The Morgan fingerprint density at radius 3 is 2.32 bits per heavy atom. The van der Waals surface area contributed by atoms with Crippen LogP contribution in [0, 0.1) is 5.92 Å². The number of halogens is 2. The lowest BCUT2D eigenvalue weighted by atomic mass is 9.98. The second-order valence-electron chi connectivity index (χ2n) is 5.55. The van der Waals surface area contributed by atoms with Gasteiger partial charge in [-0.1, -0.05) is 43.5 Å². The van der Waals surface area contributed by atoms with Crippen LogP contribution in [0.25, 0.3) is 0 Å². The summed E-state index contributed by atoms with van der Waals surface area (Å²) in [5.74, 6) is -0.753. The van der Waals surface area contributed by atoms with Crippen LogP contribution >= 0.6 is 23.2 Å². The van der Waals surface area contributed by atoms with Gasteiger partial charge in [-0.15, -0.1) is 0 Å². The maximum atomic E-state index is 12.1. The summed E-state index contributed by atoms with van der Waals surface area (Å²) in [6.07, 6.45) is 0.701. The van der Waals surface area contributed by atoms with E-state index in [0.29, 0.717) is 17.0 Å². The predicted molar refractivity (Wildman–Crippen MR) is 97.8 cm³/mol. The van der Waals surface area contributed by atoms with Crippen LogP contribution in [0.5, 0.6) is 0 Å². The maximum absolute atomic E-state index is 12.1. The Labute approximate surface area is 156 Å². The summed E-state index contributed by atoms with van der Waals surface area (Å²) in [5, 5.41) is 8.40. The molecule has 25 heavy (non-hydrogen) atoms. The van der Waals surface area contributed by atoms with Crippen molar-refractivity contribution >= 4 is 41.0 Å². The second kappa shape index (κ2) is 10.1. The average molecular weight is 389 g/mol. The maximum Gasteiger partial charge on any atom is 0.312 e. The Hall–Kier alpha value is -1.99. The molecule has 9 heteroatoms. The van der Waals surface area contributed by atoms with E-state index < -0.39 is 12.1 Å². The minimum absolute atomic E-state index is 0.0710. The molecule has 0 saturated heterocycles. The molecule has 5 N–H and O–H groups in total. The predicted octanol–water partition coefficient (Wildman–Crippen LogP) is 1.92. The number of benzene rings is 1. The molecular weight excluding hydrogens is 367 g/mol. The van der Waals surface area contributed by atoms with Gasteiger partial charge < -0.3 is 21.7 Å². The fraction of sp³-hybridized carbons (Fsp3) is 0.438. The van der Waals surface area contributed by atoms with Gasteiger partial charge in [-0.05, 0) is 24.1 Å². The van der Waals surface area contributed by atoms with Crippen molar-refractivity contribution in [3.05, 3.63) is 33.8 Å². The summed E-state index contributed by atoms with van der Waals surface area (Å²) in [5.41, 5.74) is 5.47. The van der Waals surface area contributed by atoms with E-state index in [4.69, 9.17) is 28.9 Å². The zero-order valence-corrected chi connectivity index (χ0v) is 15.6. The smallest absolute Gasteiger partial charge is 0.312 e. The Bertz CT molecular complexity index is 640. The van der Waals surface area contributed by atoms with E-state index in [1.165, 1.54) is 12.1 Å². The number of hydrogen-bond donors (Lipinski definition) is 4. The summed E-state index contributed by atoms with van der Waals surface area (Å²) >= 11 is 11.7. The van der Waals surface area contributed by atoms with Gasteiger partial charge >= 0.3 is 6.03 Å². The van der Waals surface area contributed by atoms with Crippen molar-refractivity contribution in [3.8, 4) is 0 Å². The molecule has 0 bridgehead atoms. The van der Waals surface area contributed by atoms with Crippen molar-refractivity contribution in [1.82, 2.24) is 16.0 Å². The Balaban J connectivity index is 2.47. The molecule has 0 aliphatic rings. The second-order valence-corrected chi connectivity index (χ2v) is 6.36. The van der Waals surface area contributed by atoms with Gasteiger partial charge in [-0.3, -0.25) is 9.59 Å². The van der Waals surface area contributed by atoms with Gasteiger partial charge in [0.1, 0.15) is 6.04 Å². The molecule has 2 atom stereocenters. The Morgan fingerprint density at radius 2 is 1.76 bits per heavy atom. The molecule has 0 aliphatic heterocycles. The van der Waals surface area contributed by atoms with Gasteiger partial charge in [0, 0.05) is 18.7 Å². The number of urea groups is 1. The molecule has 1 aromatic rings. The lowest BCUT2D eigenvalue weighted by Gasteiger charge is -2.22. The quantitative estimate of drug-likeness (QED) is 0.510. The average Bonchev–Trinajstić information content (AvgIpc) is 2.57. The van der Waals surface area contributed by atoms with Gasteiger partial charge in [0.25, 0.3) is 5.91 Å². The number of nitrogens with two attached hydrogens (primary N) is 1. The molecule has 138 valence electrons. The zero-order chi connectivity index (χ0) is 19.0. The molecule has 4 amide bonds. The number of carbonyl (C=O) groups is 3. The van der Waals surface area contributed by atoms with Crippen LogP contribution in [0.4, 0.5) is 4.79 Å². The van der Waals surface area contributed by atoms with E-state index in [9.17, 15) is 14.4 Å².